The number of halogens is 1. The summed E-state index contributed by atoms with van der Waals surface area (Å²) in [6.07, 6.45) is 1.11. The summed E-state index contributed by atoms with van der Waals surface area (Å²) in [6.45, 7) is 0. The van der Waals surface area contributed by atoms with Gasteiger partial charge in [-0.1, -0.05) is 4.98 Å². The molecule has 0 bridgehead atoms. The lowest BCUT2D eigenvalue weighted by Gasteiger charge is -1.96. The Morgan fingerprint density at radius 1 is 1.71 bits per heavy atom. The lowest BCUT2D eigenvalue weighted by Crippen LogP contribution is -2.04. The lowest BCUT2D eigenvalue weighted by molar-refractivity contribution is -0.396. The Morgan fingerprint density at radius 3 is 2.64 bits per heavy atom. The average molecular weight is 240 g/mol. The molecule has 0 fully saturated rings. The number of hydrogen-bond acceptors (Lipinski definition) is 5. The van der Waals surface area contributed by atoms with Gasteiger partial charge in [0, 0.05) is 10.7 Å². The number of aromatic nitrogens is 2. The first-order valence-electron chi connectivity index (χ1n) is 3.38. The van der Waals surface area contributed by atoms with Crippen molar-refractivity contribution in [1.29, 1.82) is 0 Å². The number of imidazole rings is 1. The third-order valence-corrected chi connectivity index (χ3v) is 2.51. The summed E-state index contributed by atoms with van der Waals surface area (Å²) >= 11 is 0. The molecule has 0 saturated carbocycles. The van der Waals surface area contributed by atoms with Gasteiger partial charge in [0.15, 0.2) is 0 Å². The first-order chi connectivity index (χ1) is 6.31. The van der Waals surface area contributed by atoms with Crippen molar-refractivity contribution in [3.05, 3.63) is 22.0 Å². The summed E-state index contributed by atoms with van der Waals surface area (Å²) in [7, 11) is 2.62. The summed E-state index contributed by atoms with van der Waals surface area (Å²) in [5.74, 6) is -0.897. The molecule has 0 aliphatic heterocycles. The maximum atomic E-state index is 10.7. The van der Waals surface area contributed by atoms with Crippen molar-refractivity contribution in [3.63, 3.8) is 0 Å². The van der Waals surface area contributed by atoms with Crippen molar-refractivity contribution >= 4 is 25.7 Å². The Balaban J connectivity index is 3.08. The standard InChI is InChI=1S/C5H6ClN3O4S/c1-8-4(3-14(6,12)13)2-7-5(8)9(10)11/h2H,3H2,1H3. The molecule has 1 rings (SSSR count). The lowest BCUT2D eigenvalue weighted by atomic mass is 10.5. The number of hydrogen-bond donors (Lipinski definition) is 0. The number of rotatable bonds is 3. The molecule has 0 unspecified atom stereocenters. The molecule has 9 heteroatoms. The van der Waals surface area contributed by atoms with Crippen molar-refractivity contribution in [2.75, 3.05) is 0 Å². The van der Waals surface area contributed by atoms with Gasteiger partial charge in [-0.15, -0.1) is 0 Å². The zero-order chi connectivity index (χ0) is 10.9. The van der Waals surface area contributed by atoms with E-state index in [1.807, 2.05) is 0 Å². The largest absolute Gasteiger partial charge is 0.434 e. The van der Waals surface area contributed by atoms with Crippen molar-refractivity contribution in [3.8, 4) is 0 Å². The molecule has 14 heavy (non-hydrogen) atoms. The summed E-state index contributed by atoms with van der Waals surface area (Å²) < 4.78 is 22.4. The summed E-state index contributed by atoms with van der Waals surface area (Å²) in [5, 5.41) is 10.3. The number of nitrogens with zero attached hydrogens (tertiary/aromatic N) is 3. The van der Waals surface area contributed by atoms with E-state index in [-0.39, 0.29) is 5.69 Å². The minimum atomic E-state index is -3.72. The molecule has 1 aromatic heterocycles. The van der Waals surface area contributed by atoms with Crippen LogP contribution < -0.4 is 0 Å². The van der Waals surface area contributed by atoms with Crippen LogP contribution >= 0.6 is 10.7 Å². The fourth-order valence-corrected chi connectivity index (χ4v) is 1.87. The Bertz CT molecular complexity index is 465. The van der Waals surface area contributed by atoms with E-state index < -0.39 is 25.7 Å². The van der Waals surface area contributed by atoms with E-state index in [0.717, 1.165) is 10.8 Å². The predicted octanol–water partition coefficient (Wildman–Crippen LogP) is 0.397. The molecule has 0 radical (unpaired) electrons. The average Bonchev–Trinajstić information content (AvgIpc) is 2.29. The third-order valence-electron chi connectivity index (χ3n) is 1.54. The fourth-order valence-electron chi connectivity index (χ4n) is 0.914. The third kappa shape index (κ3) is 2.42. The van der Waals surface area contributed by atoms with Crippen molar-refractivity contribution in [2.45, 2.75) is 5.75 Å². The Hall–Kier alpha value is -1.15. The first kappa shape index (κ1) is 10.9. The molecule has 0 spiro atoms. The van der Waals surface area contributed by atoms with Crippen molar-refractivity contribution in [1.82, 2.24) is 9.55 Å². The highest BCUT2D eigenvalue weighted by atomic mass is 35.7. The van der Waals surface area contributed by atoms with Crippen LogP contribution in [-0.4, -0.2) is 22.9 Å². The molecule has 0 amide bonds. The van der Waals surface area contributed by atoms with Crippen LogP contribution in [0.4, 0.5) is 5.95 Å². The van der Waals surface area contributed by atoms with Gasteiger partial charge in [0.2, 0.25) is 9.05 Å². The minimum Gasteiger partial charge on any atom is -0.390 e. The van der Waals surface area contributed by atoms with Crippen molar-refractivity contribution < 1.29 is 13.3 Å². The molecule has 1 heterocycles. The summed E-state index contributed by atoms with van der Waals surface area (Å²) in [6, 6.07) is 0. The molecule has 0 N–H and O–H groups in total. The second-order valence-corrected chi connectivity index (χ2v) is 5.33. The zero-order valence-electron chi connectivity index (χ0n) is 7.05. The quantitative estimate of drug-likeness (QED) is 0.432. The van der Waals surface area contributed by atoms with E-state index in [4.69, 9.17) is 10.7 Å². The molecular weight excluding hydrogens is 234 g/mol. The molecule has 0 saturated heterocycles. The van der Waals surface area contributed by atoms with Gasteiger partial charge in [-0.3, -0.25) is 0 Å². The topological polar surface area (TPSA) is 95.1 Å². The first-order valence-corrected chi connectivity index (χ1v) is 5.86. The SMILES string of the molecule is Cn1c(CS(=O)(=O)Cl)cnc1[N+](=O)[O-]. The Morgan fingerprint density at radius 2 is 2.29 bits per heavy atom. The molecule has 0 aromatic carbocycles. The highest BCUT2D eigenvalue weighted by Crippen LogP contribution is 2.14. The van der Waals surface area contributed by atoms with Crippen LogP contribution in [-0.2, 0) is 21.9 Å². The molecular formula is C5H6ClN3O4S. The van der Waals surface area contributed by atoms with Gasteiger partial charge in [-0.05, 0) is 4.92 Å². The smallest absolute Gasteiger partial charge is 0.390 e. The van der Waals surface area contributed by atoms with Crippen LogP contribution in [0.15, 0.2) is 6.20 Å². The van der Waals surface area contributed by atoms with Crippen LogP contribution in [0.25, 0.3) is 0 Å². The predicted molar refractivity (Wildman–Crippen MR) is 48.3 cm³/mol. The van der Waals surface area contributed by atoms with Crippen LogP contribution in [0.2, 0.25) is 0 Å². The fraction of sp³-hybridized carbons (Fsp3) is 0.400. The van der Waals surface area contributed by atoms with Crippen LogP contribution in [0.5, 0.6) is 0 Å². The highest BCUT2D eigenvalue weighted by molar-refractivity contribution is 8.13. The second kappa shape index (κ2) is 3.54. The van der Waals surface area contributed by atoms with E-state index in [2.05, 4.69) is 4.98 Å². The van der Waals surface area contributed by atoms with E-state index >= 15 is 0 Å². The maximum Gasteiger partial charge on any atom is 0.434 e. The molecule has 78 valence electrons. The summed E-state index contributed by atoms with van der Waals surface area (Å²) in [5.41, 5.74) is 0.173. The van der Waals surface area contributed by atoms with Crippen LogP contribution in [0.3, 0.4) is 0 Å². The molecule has 7 nitrogen and oxygen atoms in total. The molecule has 0 aliphatic carbocycles. The van der Waals surface area contributed by atoms with E-state index in [0.29, 0.717) is 0 Å². The molecule has 0 aliphatic rings. The van der Waals surface area contributed by atoms with Gasteiger partial charge >= 0.3 is 5.95 Å². The van der Waals surface area contributed by atoms with Crippen molar-refractivity contribution in [2.24, 2.45) is 7.05 Å². The highest BCUT2D eigenvalue weighted by Gasteiger charge is 2.20. The summed E-state index contributed by atoms with van der Waals surface area (Å²) in [4.78, 5) is 13.1. The maximum absolute atomic E-state index is 10.7. The Kier molecular flexibility index (Phi) is 2.76. The normalized spacial score (nSPS) is 11.6. The van der Waals surface area contributed by atoms with Gasteiger partial charge in [0.25, 0.3) is 0 Å². The van der Waals surface area contributed by atoms with Gasteiger partial charge in [-0.2, -0.15) is 0 Å². The van der Waals surface area contributed by atoms with Gasteiger partial charge in [0.1, 0.15) is 17.6 Å². The number of nitro groups is 1. The van der Waals surface area contributed by atoms with Gasteiger partial charge < -0.3 is 10.1 Å². The van der Waals surface area contributed by atoms with Gasteiger partial charge in [-0.25, -0.2) is 13.0 Å². The molecule has 0 atom stereocenters. The minimum absolute atomic E-state index is 0.173. The zero-order valence-corrected chi connectivity index (χ0v) is 8.62. The van der Waals surface area contributed by atoms with Crippen LogP contribution in [0.1, 0.15) is 5.69 Å². The Labute approximate surface area is 83.9 Å². The van der Waals surface area contributed by atoms with E-state index in [1.165, 1.54) is 7.05 Å². The van der Waals surface area contributed by atoms with E-state index in [9.17, 15) is 18.5 Å². The monoisotopic (exact) mass is 239 g/mol. The molecule has 1 aromatic rings. The second-order valence-electron chi connectivity index (χ2n) is 2.55. The van der Waals surface area contributed by atoms with Crippen LogP contribution in [0, 0.1) is 10.1 Å². The van der Waals surface area contributed by atoms with Gasteiger partial charge in [0.05, 0.1) is 7.05 Å². The van der Waals surface area contributed by atoms with E-state index in [1.54, 1.807) is 0 Å².